The molecule has 1 N–H and O–H groups in total. The van der Waals surface area contributed by atoms with Gasteiger partial charge in [0.15, 0.2) is 5.65 Å². The van der Waals surface area contributed by atoms with Gasteiger partial charge in [0, 0.05) is 6.04 Å². The lowest BCUT2D eigenvalue weighted by Gasteiger charge is -2.17. The van der Waals surface area contributed by atoms with Gasteiger partial charge in [0.25, 0.3) is 5.56 Å². The fraction of sp³-hybridized carbons (Fsp3) is 0.296. The van der Waals surface area contributed by atoms with Crippen molar-refractivity contribution in [3.05, 3.63) is 81.9 Å². The minimum atomic E-state index is -0.451. The summed E-state index contributed by atoms with van der Waals surface area (Å²) in [5.74, 6) is 0.285. The van der Waals surface area contributed by atoms with E-state index in [9.17, 15) is 9.59 Å². The number of aromatic nitrogens is 4. The average Bonchev–Trinajstić information content (AvgIpc) is 3.43. The number of anilines is 2. The molecule has 0 saturated heterocycles. The van der Waals surface area contributed by atoms with Crippen LogP contribution in [0.3, 0.4) is 0 Å². The summed E-state index contributed by atoms with van der Waals surface area (Å²) in [6.07, 6.45) is 5.69. The predicted octanol–water partition coefficient (Wildman–Crippen LogP) is 4.72. The van der Waals surface area contributed by atoms with Gasteiger partial charge < -0.3 is 14.8 Å². The fourth-order valence-corrected chi connectivity index (χ4v) is 4.53. The Balaban J connectivity index is 1.40. The molecule has 2 aromatic carbocycles. The van der Waals surface area contributed by atoms with E-state index >= 15 is 0 Å². The minimum absolute atomic E-state index is 0.111. The van der Waals surface area contributed by atoms with Crippen LogP contribution < -0.4 is 15.6 Å². The summed E-state index contributed by atoms with van der Waals surface area (Å²) in [6, 6.07) is 14.6. The summed E-state index contributed by atoms with van der Waals surface area (Å²) < 4.78 is 12.7. The maximum absolute atomic E-state index is 12.9. The van der Waals surface area contributed by atoms with Crippen LogP contribution in [0.15, 0.2) is 59.5 Å². The summed E-state index contributed by atoms with van der Waals surface area (Å²) >= 11 is 0. The van der Waals surface area contributed by atoms with Crippen molar-refractivity contribution in [3.63, 3.8) is 0 Å². The standard InChI is InChI=1S/C27H27N5O4/c1-17-25(33)32(20-10-6-7-11-20)24-22(29-17)15-28-27(31-24)30-21-13-12-19(14-23(21)35-2)26(34)36-16-18-8-4-3-5-9-18/h3-5,8-9,12-15,20H,6-7,10-11,16H2,1-2H3,(H,28,30,31). The third-order valence-corrected chi connectivity index (χ3v) is 6.38. The van der Waals surface area contributed by atoms with Crippen molar-refractivity contribution in [3.8, 4) is 5.75 Å². The molecular weight excluding hydrogens is 458 g/mol. The van der Waals surface area contributed by atoms with E-state index in [4.69, 9.17) is 9.47 Å². The van der Waals surface area contributed by atoms with E-state index in [1.807, 2.05) is 30.3 Å². The molecule has 1 fully saturated rings. The predicted molar refractivity (Wildman–Crippen MR) is 136 cm³/mol. The van der Waals surface area contributed by atoms with Crippen LogP contribution in [0.4, 0.5) is 11.6 Å². The molecule has 9 nitrogen and oxygen atoms in total. The van der Waals surface area contributed by atoms with Crippen molar-refractivity contribution in [2.75, 3.05) is 12.4 Å². The highest BCUT2D eigenvalue weighted by atomic mass is 16.5. The van der Waals surface area contributed by atoms with Crippen molar-refractivity contribution in [2.45, 2.75) is 45.3 Å². The van der Waals surface area contributed by atoms with Crippen molar-refractivity contribution < 1.29 is 14.3 Å². The number of rotatable bonds is 7. The molecule has 184 valence electrons. The third-order valence-electron chi connectivity index (χ3n) is 6.38. The molecule has 2 heterocycles. The van der Waals surface area contributed by atoms with E-state index < -0.39 is 5.97 Å². The Bertz CT molecular complexity index is 1460. The lowest BCUT2D eigenvalue weighted by Crippen LogP contribution is -2.27. The van der Waals surface area contributed by atoms with Crippen molar-refractivity contribution in [1.29, 1.82) is 0 Å². The normalized spacial score (nSPS) is 13.6. The molecule has 1 aliphatic carbocycles. The van der Waals surface area contributed by atoms with Crippen LogP contribution in [0, 0.1) is 6.92 Å². The molecule has 1 aliphatic rings. The third kappa shape index (κ3) is 4.77. The quantitative estimate of drug-likeness (QED) is 0.375. The lowest BCUT2D eigenvalue weighted by atomic mass is 10.2. The summed E-state index contributed by atoms with van der Waals surface area (Å²) in [4.78, 5) is 38.9. The number of fused-ring (bicyclic) bond motifs is 1. The molecule has 0 bridgehead atoms. The Labute approximate surface area is 208 Å². The molecule has 5 rings (SSSR count). The van der Waals surface area contributed by atoms with Gasteiger partial charge in [0.2, 0.25) is 5.95 Å². The average molecular weight is 486 g/mol. The number of nitrogens with one attached hydrogen (secondary N) is 1. The molecule has 0 aliphatic heterocycles. The maximum atomic E-state index is 12.9. The highest BCUT2D eigenvalue weighted by Gasteiger charge is 2.23. The highest BCUT2D eigenvalue weighted by molar-refractivity contribution is 5.91. The Morgan fingerprint density at radius 1 is 1.11 bits per heavy atom. The van der Waals surface area contributed by atoms with Crippen LogP contribution in [-0.4, -0.2) is 32.6 Å². The number of nitrogens with zero attached hydrogens (tertiary/aromatic N) is 4. The van der Waals surface area contributed by atoms with Gasteiger partial charge in [-0.15, -0.1) is 0 Å². The van der Waals surface area contributed by atoms with Gasteiger partial charge in [0.1, 0.15) is 23.6 Å². The minimum Gasteiger partial charge on any atom is -0.495 e. The van der Waals surface area contributed by atoms with Gasteiger partial charge in [-0.25, -0.2) is 14.8 Å². The number of benzene rings is 2. The molecule has 0 unspecified atom stereocenters. The van der Waals surface area contributed by atoms with Crippen molar-refractivity contribution in [2.24, 2.45) is 0 Å². The van der Waals surface area contributed by atoms with Gasteiger partial charge in [0.05, 0.1) is 24.6 Å². The van der Waals surface area contributed by atoms with Crippen molar-refractivity contribution >= 4 is 28.8 Å². The van der Waals surface area contributed by atoms with Gasteiger partial charge in [-0.2, -0.15) is 4.98 Å². The Hall–Kier alpha value is -4.27. The second kappa shape index (κ2) is 10.2. The Morgan fingerprint density at radius 2 is 1.89 bits per heavy atom. The number of aryl methyl sites for hydroxylation is 1. The van der Waals surface area contributed by atoms with Crippen LogP contribution in [-0.2, 0) is 11.3 Å². The van der Waals surface area contributed by atoms with E-state index in [-0.39, 0.29) is 18.2 Å². The number of hydrogen-bond acceptors (Lipinski definition) is 8. The van der Waals surface area contributed by atoms with E-state index in [2.05, 4.69) is 20.3 Å². The van der Waals surface area contributed by atoms with E-state index in [1.165, 1.54) is 7.11 Å². The van der Waals surface area contributed by atoms with E-state index in [0.717, 1.165) is 31.2 Å². The molecule has 0 atom stereocenters. The molecule has 2 aromatic heterocycles. The first-order valence-electron chi connectivity index (χ1n) is 12.0. The molecular formula is C27H27N5O4. The lowest BCUT2D eigenvalue weighted by molar-refractivity contribution is 0.0472. The summed E-state index contributed by atoms with van der Waals surface area (Å²) in [7, 11) is 1.52. The van der Waals surface area contributed by atoms with Crippen molar-refractivity contribution in [1.82, 2.24) is 19.5 Å². The first-order chi connectivity index (χ1) is 17.5. The summed E-state index contributed by atoms with van der Waals surface area (Å²) in [6.45, 7) is 1.90. The largest absolute Gasteiger partial charge is 0.495 e. The van der Waals surface area contributed by atoms with Crippen LogP contribution in [0.2, 0.25) is 0 Å². The molecule has 9 heteroatoms. The summed E-state index contributed by atoms with van der Waals surface area (Å²) in [5, 5.41) is 3.15. The topological polar surface area (TPSA) is 108 Å². The zero-order valence-corrected chi connectivity index (χ0v) is 20.2. The number of carbonyl (C=O) groups is 1. The molecule has 0 radical (unpaired) electrons. The first kappa shape index (κ1) is 23.5. The van der Waals surface area contributed by atoms with Crippen LogP contribution in [0.1, 0.15) is 53.3 Å². The molecule has 1 saturated carbocycles. The zero-order valence-electron chi connectivity index (χ0n) is 20.2. The second-order valence-electron chi connectivity index (χ2n) is 8.81. The van der Waals surface area contributed by atoms with Crippen LogP contribution in [0.5, 0.6) is 5.75 Å². The monoisotopic (exact) mass is 485 g/mol. The van der Waals surface area contributed by atoms with Gasteiger partial charge in [-0.05, 0) is 43.5 Å². The number of hydrogen-bond donors (Lipinski definition) is 1. The van der Waals surface area contributed by atoms with Gasteiger partial charge >= 0.3 is 5.97 Å². The van der Waals surface area contributed by atoms with Crippen LogP contribution >= 0.6 is 0 Å². The van der Waals surface area contributed by atoms with Gasteiger partial charge in [-0.1, -0.05) is 43.2 Å². The smallest absolute Gasteiger partial charge is 0.338 e. The second-order valence-corrected chi connectivity index (χ2v) is 8.81. The van der Waals surface area contributed by atoms with E-state index in [1.54, 1.807) is 35.9 Å². The fourth-order valence-electron chi connectivity index (χ4n) is 4.53. The zero-order chi connectivity index (χ0) is 25.1. The molecule has 36 heavy (non-hydrogen) atoms. The Morgan fingerprint density at radius 3 is 2.64 bits per heavy atom. The highest BCUT2D eigenvalue weighted by Crippen LogP contribution is 2.31. The first-order valence-corrected chi connectivity index (χ1v) is 12.0. The number of carbonyl (C=O) groups excluding carboxylic acids is 1. The Kier molecular flexibility index (Phi) is 6.62. The summed E-state index contributed by atoms with van der Waals surface area (Å²) in [5.41, 5.74) is 3.26. The maximum Gasteiger partial charge on any atom is 0.338 e. The SMILES string of the molecule is COc1cc(C(=O)OCc2ccccc2)ccc1Nc1ncc2nc(C)c(=O)n(C3CCCC3)c2n1. The van der Waals surface area contributed by atoms with E-state index in [0.29, 0.717) is 39.8 Å². The number of esters is 1. The molecule has 0 amide bonds. The van der Waals surface area contributed by atoms with Gasteiger partial charge in [-0.3, -0.25) is 9.36 Å². The number of methoxy groups -OCH3 is 1. The van der Waals surface area contributed by atoms with Crippen LogP contribution in [0.25, 0.3) is 11.2 Å². The molecule has 0 spiro atoms. The number of ether oxygens (including phenoxy) is 2. The molecule has 4 aromatic rings.